The summed E-state index contributed by atoms with van der Waals surface area (Å²) in [6.07, 6.45) is 0. The number of benzene rings is 4. The summed E-state index contributed by atoms with van der Waals surface area (Å²) in [7, 11) is 0. The lowest BCUT2D eigenvalue weighted by Crippen LogP contribution is -2.21. The Morgan fingerprint density at radius 2 is 1.63 bits per heavy atom. The van der Waals surface area contributed by atoms with Crippen molar-refractivity contribution < 1.29 is 13.9 Å². The van der Waals surface area contributed by atoms with E-state index in [-0.39, 0.29) is 11.2 Å². The molecule has 38 heavy (non-hydrogen) atoms. The first kappa shape index (κ1) is 25.3. The first-order valence-electron chi connectivity index (χ1n) is 12.1. The third-order valence-corrected chi connectivity index (χ3v) is 6.22. The molecule has 0 aliphatic rings. The SMILES string of the molecule is CC(C)(C)c1cc(NC(=O)Nc2ccc(Oc3ccc4ccccc4c3)c(Cl)c2)n(-c2ccc(F)cc2)n1. The van der Waals surface area contributed by atoms with Crippen molar-refractivity contribution in [1.29, 1.82) is 0 Å². The van der Waals surface area contributed by atoms with Gasteiger partial charge in [-0.3, -0.25) is 5.32 Å². The number of hydrogen-bond donors (Lipinski definition) is 2. The van der Waals surface area contributed by atoms with Gasteiger partial charge >= 0.3 is 6.03 Å². The Morgan fingerprint density at radius 1 is 0.895 bits per heavy atom. The molecule has 2 N–H and O–H groups in total. The Balaban J connectivity index is 1.32. The standard InChI is InChI=1S/C30H26ClFN4O2/c1-30(2,3)27-18-28(36(35-27)23-12-9-21(32)10-13-23)34-29(37)33-22-11-15-26(25(31)17-22)38-24-14-8-19-6-4-5-7-20(19)16-24/h4-18H,1-3H3,(H2,33,34,37). The first-order valence-corrected chi connectivity index (χ1v) is 12.4. The number of rotatable bonds is 5. The molecule has 0 bridgehead atoms. The van der Waals surface area contributed by atoms with Crippen molar-refractivity contribution >= 4 is 39.9 Å². The van der Waals surface area contributed by atoms with Gasteiger partial charge < -0.3 is 10.1 Å². The number of nitrogens with one attached hydrogen (secondary N) is 2. The summed E-state index contributed by atoms with van der Waals surface area (Å²) >= 11 is 6.47. The molecule has 0 radical (unpaired) electrons. The third-order valence-electron chi connectivity index (χ3n) is 5.93. The molecule has 0 saturated carbocycles. The summed E-state index contributed by atoms with van der Waals surface area (Å²) in [5.41, 5.74) is 1.63. The highest BCUT2D eigenvalue weighted by atomic mass is 35.5. The molecule has 0 aliphatic heterocycles. The van der Waals surface area contributed by atoms with E-state index in [0.29, 0.717) is 33.7 Å². The number of urea groups is 1. The van der Waals surface area contributed by atoms with Gasteiger partial charge in [0.25, 0.3) is 0 Å². The molecular formula is C30H26ClFN4O2. The number of aromatic nitrogens is 2. The van der Waals surface area contributed by atoms with Crippen LogP contribution in [0.25, 0.3) is 16.5 Å². The van der Waals surface area contributed by atoms with E-state index in [1.807, 2.05) is 63.2 Å². The molecule has 0 unspecified atom stereocenters. The number of halogens is 2. The van der Waals surface area contributed by atoms with E-state index in [1.165, 1.54) is 12.1 Å². The predicted molar refractivity (Wildman–Crippen MR) is 150 cm³/mol. The number of nitrogens with zero attached hydrogens (tertiary/aromatic N) is 2. The third kappa shape index (κ3) is 5.63. The summed E-state index contributed by atoms with van der Waals surface area (Å²) in [6, 6.07) is 26.1. The maximum Gasteiger partial charge on any atom is 0.324 e. The monoisotopic (exact) mass is 528 g/mol. The zero-order valence-corrected chi connectivity index (χ0v) is 21.9. The number of ether oxygens (including phenoxy) is 1. The van der Waals surface area contributed by atoms with Gasteiger partial charge in [0, 0.05) is 17.2 Å². The van der Waals surface area contributed by atoms with Crippen molar-refractivity contribution in [2.24, 2.45) is 0 Å². The molecular weight excluding hydrogens is 503 g/mol. The Bertz CT molecular complexity index is 1620. The van der Waals surface area contributed by atoms with E-state index in [0.717, 1.165) is 16.5 Å². The van der Waals surface area contributed by atoms with Crippen LogP contribution in [0.2, 0.25) is 5.02 Å². The average molecular weight is 529 g/mol. The van der Waals surface area contributed by atoms with Crippen LogP contribution in [0.4, 0.5) is 20.7 Å². The van der Waals surface area contributed by atoms with Crippen molar-refractivity contribution in [2.45, 2.75) is 26.2 Å². The average Bonchev–Trinajstić information content (AvgIpc) is 3.30. The Labute approximate surface area is 225 Å². The van der Waals surface area contributed by atoms with E-state index < -0.39 is 6.03 Å². The van der Waals surface area contributed by atoms with Gasteiger partial charge in [-0.15, -0.1) is 0 Å². The molecule has 0 atom stereocenters. The largest absolute Gasteiger partial charge is 0.456 e. The van der Waals surface area contributed by atoms with E-state index in [4.69, 9.17) is 16.3 Å². The smallest absolute Gasteiger partial charge is 0.324 e. The van der Waals surface area contributed by atoms with Crippen LogP contribution in [0.5, 0.6) is 11.5 Å². The van der Waals surface area contributed by atoms with Crippen LogP contribution in [0.3, 0.4) is 0 Å². The predicted octanol–water partition coefficient (Wildman–Crippen LogP) is 8.55. The number of carbonyl (C=O) groups is 1. The topological polar surface area (TPSA) is 68.2 Å². The number of anilines is 2. The van der Waals surface area contributed by atoms with Crippen molar-refractivity contribution in [3.63, 3.8) is 0 Å². The molecule has 1 aromatic heterocycles. The fourth-order valence-corrected chi connectivity index (χ4v) is 4.13. The van der Waals surface area contributed by atoms with Gasteiger partial charge in [0.15, 0.2) is 0 Å². The number of amides is 2. The van der Waals surface area contributed by atoms with Crippen LogP contribution < -0.4 is 15.4 Å². The number of hydrogen-bond acceptors (Lipinski definition) is 3. The maximum absolute atomic E-state index is 13.5. The summed E-state index contributed by atoms with van der Waals surface area (Å²) in [5.74, 6) is 1.22. The zero-order chi connectivity index (χ0) is 26.9. The maximum atomic E-state index is 13.5. The fraction of sp³-hybridized carbons (Fsp3) is 0.133. The molecule has 192 valence electrons. The second-order valence-corrected chi connectivity index (χ2v) is 10.3. The van der Waals surface area contributed by atoms with Gasteiger partial charge in [-0.25, -0.2) is 13.9 Å². The van der Waals surface area contributed by atoms with Crippen LogP contribution in [0, 0.1) is 5.82 Å². The molecule has 5 rings (SSSR count). The summed E-state index contributed by atoms with van der Waals surface area (Å²) in [4.78, 5) is 12.9. The number of carbonyl (C=O) groups excluding carboxylic acids is 1. The lowest BCUT2D eigenvalue weighted by Gasteiger charge is -2.14. The molecule has 1 heterocycles. The van der Waals surface area contributed by atoms with Gasteiger partial charge in [-0.1, -0.05) is 62.7 Å². The molecule has 0 aliphatic carbocycles. The highest BCUT2D eigenvalue weighted by Crippen LogP contribution is 2.33. The minimum atomic E-state index is -0.479. The highest BCUT2D eigenvalue weighted by Gasteiger charge is 2.21. The van der Waals surface area contributed by atoms with Crippen LogP contribution in [-0.2, 0) is 5.41 Å². The highest BCUT2D eigenvalue weighted by molar-refractivity contribution is 6.32. The van der Waals surface area contributed by atoms with E-state index >= 15 is 0 Å². The quantitative estimate of drug-likeness (QED) is 0.240. The molecule has 4 aromatic carbocycles. The second kappa shape index (κ2) is 10.2. The van der Waals surface area contributed by atoms with Crippen molar-refractivity contribution in [2.75, 3.05) is 10.6 Å². The summed E-state index contributed by atoms with van der Waals surface area (Å²) in [6.45, 7) is 6.08. The Hall–Kier alpha value is -4.36. The molecule has 6 nitrogen and oxygen atoms in total. The van der Waals surface area contributed by atoms with Gasteiger partial charge in [0.1, 0.15) is 23.1 Å². The summed E-state index contributed by atoms with van der Waals surface area (Å²) in [5, 5.41) is 12.8. The van der Waals surface area contributed by atoms with Gasteiger partial charge in [-0.05, 0) is 65.4 Å². The Morgan fingerprint density at radius 3 is 2.34 bits per heavy atom. The minimum Gasteiger partial charge on any atom is -0.456 e. The normalized spacial score (nSPS) is 11.4. The minimum absolute atomic E-state index is 0.257. The molecule has 0 spiro atoms. The molecule has 0 saturated heterocycles. The van der Waals surface area contributed by atoms with Crippen LogP contribution in [-0.4, -0.2) is 15.8 Å². The van der Waals surface area contributed by atoms with E-state index in [9.17, 15) is 9.18 Å². The summed E-state index contributed by atoms with van der Waals surface area (Å²) < 4.78 is 21.0. The van der Waals surface area contributed by atoms with Gasteiger partial charge in [-0.2, -0.15) is 5.10 Å². The van der Waals surface area contributed by atoms with Crippen molar-refractivity contribution in [3.05, 3.63) is 108 Å². The molecule has 5 aromatic rings. The second-order valence-electron chi connectivity index (χ2n) is 9.89. The van der Waals surface area contributed by atoms with Crippen LogP contribution >= 0.6 is 11.6 Å². The Kier molecular flexibility index (Phi) is 6.78. The van der Waals surface area contributed by atoms with Crippen molar-refractivity contribution in [3.8, 4) is 17.2 Å². The fourth-order valence-electron chi connectivity index (χ4n) is 3.91. The lowest BCUT2D eigenvalue weighted by molar-refractivity contribution is 0.262. The molecule has 8 heteroatoms. The lowest BCUT2D eigenvalue weighted by atomic mass is 9.92. The van der Waals surface area contributed by atoms with Crippen molar-refractivity contribution in [1.82, 2.24) is 9.78 Å². The van der Waals surface area contributed by atoms with E-state index in [2.05, 4.69) is 15.7 Å². The number of fused-ring (bicyclic) bond motifs is 1. The van der Waals surface area contributed by atoms with Crippen LogP contribution in [0.15, 0.2) is 91.0 Å². The van der Waals surface area contributed by atoms with Gasteiger partial charge in [0.2, 0.25) is 0 Å². The van der Waals surface area contributed by atoms with Crippen LogP contribution in [0.1, 0.15) is 26.5 Å². The van der Waals surface area contributed by atoms with Gasteiger partial charge in [0.05, 0.1) is 16.4 Å². The molecule has 0 fully saturated rings. The van der Waals surface area contributed by atoms with E-state index in [1.54, 1.807) is 41.1 Å². The molecule has 2 amide bonds. The zero-order valence-electron chi connectivity index (χ0n) is 21.1. The first-order chi connectivity index (χ1) is 18.2.